The molecule has 3 rings (SSSR count). The molecule has 1 heterocycles. The van der Waals surface area contributed by atoms with E-state index in [0.29, 0.717) is 17.1 Å². The Kier molecular flexibility index (Phi) is 3.31. The fourth-order valence-corrected chi connectivity index (χ4v) is 1.96. The molecule has 0 amide bonds. The van der Waals surface area contributed by atoms with Crippen molar-refractivity contribution in [2.24, 2.45) is 0 Å². The number of nitrogens with zero attached hydrogens (tertiary/aromatic N) is 4. The van der Waals surface area contributed by atoms with Crippen molar-refractivity contribution in [1.29, 1.82) is 0 Å². The molecule has 1 aromatic heterocycles. The molecule has 7 heteroatoms. The lowest BCUT2D eigenvalue weighted by molar-refractivity contribution is 0.505. The van der Waals surface area contributed by atoms with Gasteiger partial charge in [-0.1, -0.05) is 6.07 Å². The number of anilines is 1. The summed E-state index contributed by atoms with van der Waals surface area (Å²) < 4.78 is 27.7. The minimum Gasteiger partial charge on any atom is -0.399 e. The van der Waals surface area contributed by atoms with Gasteiger partial charge in [-0.2, -0.15) is 0 Å². The van der Waals surface area contributed by atoms with Gasteiger partial charge in [-0.15, -0.1) is 5.10 Å². The van der Waals surface area contributed by atoms with Gasteiger partial charge >= 0.3 is 0 Å². The lowest BCUT2D eigenvalue weighted by atomic mass is 10.2. The van der Waals surface area contributed by atoms with Crippen molar-refractivity contribution < 1.29 is 8.78 Å². The lowest BCUT2D eigenvalue weighted by Gasteiger charge is -2.05. The quantitative estimate of drug-likeness (QED) is 0.750. The van der Waals surface area contributed by atoms with Gasteiger partial charge in [0.2, 0.25) is 0 Å². The lowest BCUT2D eigenvalue weighted by Crippen LogP contribution is -2.05. The zero-order valence-corrected chi connectivity index (χ0v) is 10.9. The van der Waals surface area contributed by atoms with Crippen molar-refractivity contribution in [1.82, 2.24) is 20.2 Å². The van der Waals surface area contributed by atoms with Gasteiger partial charge in [-0.25, -0.2) is 13.5 Å². The van der Waals surface area contributed by atoms with E-state index in [2.05, 4.69) is 15.5 Å². The largest absolute Gasteiger partial charge is 0.399 e. The maximum Gasteiger partial charge on any atom is 0.182 e. The molecule has 0 fully saturated rings. The number of hydrogen-bond acceptors (Lipinski definition) is 4. The van der Waals surface area contributed by atoms with Crippen LogP contribution in [0.15, 0.2) is 42.5 Å². The van der Waals surface area contributed by atoms with Gasteiger partial charge in [0.25, 0.3) is 0 Å². The van der Waals surface area contributed by atoms with Crippen LogP contribution in [0.4, 0.5) is 14.5 Å². The Bertz CT molecular complexity index is 767. The maximum atomic E-state index is 13.2. The standard InChI is InChI=1S/C14H11F2N5/c15-12-6-1-9(7-13(12)16)8-21-14(18-19-20-21)10-2-4-11(17)5-3-10/h1-7H,8,17H2. The van der Waals surface area contributed by atoms with E-state index in [1.54, 1.807) is 24.3 Å². The predicted molar refractivity (Wildman–Crippen MR) is 73.1 cm³/mol. The number of benzene rings is 2. The Morgan fingerprint density at radius 3 is 2.48 bits per heavy atom. The number of nitrogens with two attached hydrogens (primary N) is 1. The van der Waals surface area contributed by atoms with Crippen LogP contribution in [0, 0.1) is 11.6 Å². The molecule has 0 aliphatic rings. The highest BCUT2D eigenvalue weighted by Gasteiger charge is 2.10. The molecule has 0 saturated heterocycles. The van der Waals surface area contributed by atoms with Crippen LogP contribution in [0.2, 0.25) is 0 Å². The van der Waals surface area contributed by atoms with Gasteiger partial charge in [0, 0.05) is 11.3 Å². The molecule has 3 aromatic rings. The molecular weight excluding hydrogens is 276 g/mol. The average molecular weight is 287 g/mol. The molecule has 2 N–H and O–H groups in total. The summed E-state index contributed by atoms with van der Waals surface area (Å²) in [4.78, 5) is 0. The SMILES string of the molecule is Nc1ccc(-c2nnnn2Cc2ccc(F)c(F)c2)cc1. The number of halogens is 2. The third-order valence-electron chi connectivity index (χ3n) is 3.02. The van der Waals surface area contributed by atoms with Gasteiger partial charge < -0.3 is 5.73 Å². The molecule has 5 nitrogen and oxygen atoms in total. The predicted octanol–water partition coefficient (Wildman–Crippen LogP) is 2.25. The smallest absolute Gasteiger partial charge is 0.182 e. The molecule has 0 spiro atoms. The summed E-state index contributed by atoms with van der Waals surface area (Å²) in [5.74, 6) is -1.25. The fraction of sp³-hybridized carbons (Fsp3) is 0.0714. The number of nitrogen functional groups attached to an aromatic ring is 1. The zero-order valence-electron chi connectivity index (χ0n) is 10.9. The third kappa shape index (κ3) is 2.71. The topological polar surface area (TPSA) is 69.6 Å². The molecule has 0 atom stereocenters. The van der Waals surface area contributed by atoms with E-state index in [1.807, 2.05) is 0 Å². The van der Waals surface area contributed by atoms with Crippen molar-refractivity contribution >= 4 is 5.69 Å². The van der Waals surface area contributed by atoms with Crippen LogP contribution < -0.4 is 5.73 Å². The van der Waals surface area contributed by atoms with Gasteiger partial charge in [-0.3, -0.25) is 0 Å². The van der Waals surface area contributed by atoms with E-state index in [-0.39, 0.29) is 6.54 Å². The van der Waals surface area contributed by atoms with Crippen molar-refractivity contribution in [3.8, 4) is 11.4 Å². The monoisotopic (exact) mass is 287 g/mol. The summed E-state index contributed by atoms with van der Waals surface area (Å²) >= 11 is 0. The summed E-state index contributed by atoms with van der Waals surface area (Å²) in [6.45, 7) is 0.240. The van der Waals surface area contributed by atoms with Crippen LogP contribution in [-0.4, -0.2) is 20.2 Å². The van der Waals surface area contributed by atoms with Crippen molar-refractivity contribution in [3.05, 3.63) is 59.7 Å². The van der Waals surface area contributed by atoms with E-state index in [1.165, 1.54) is 10.7 Å². The Morgan fingerprint density at radius 1 is 1.00 bits per heavy atom. The van der Waals surface area contributed by atoms with Crippen LogP contribution in [0.5, 0.6) is 0 Å². The van der Waals surface area contributed by atoms with E-state index in [0.717, 1.165) is 17.7 Å². The van der Waals surface area contributed by atoms with Crippen LogP contribution in [0.1, 0.15) is 5.56 Å². The van der Waals surface area contributed by atoms with Crippen LogP contribution >= 0.6 is 0 Å². The molecule has 0 aliphatic heterocycles. The molecule has 0 saturated carbocycles. The highest BCUT2D eigenvalue weighted by Crippen LogP contribution is 2.18. The van der Waals surface area contributed by atoms with E-state index in [4.69, 9.17) is 5.73 Å². The van der Waals surface area contributed by atoms with Gasteiger partial charge in [0.15, 0.2) is 17.5 Å². The Balaban J connectivity index is 1.92. The maximum absolute atomic E-state index is 13.2. The first-order valence-electron chi connectivity index (χ1n) is 6.19. The van der Waals surface area contributed by atoms with E-state index in [9.17, 15) is 8.78 Å². The Labute approximate surface area is 119 Å². The second-order valence-corrected chi connectivity index (χ2v) is 4.53. The molecule has 2 aromatic carbocycles. The van der Waals surface area contributed by atoms with Crippen LogP contribution in [0.3, 0.4) is 0 Å². The van der Waals surface area contributed by atoms with Crippen molar-refractivity contribution in [2.45, 2.75) is 6.54 Å². The first-order valence-corrected chi connectivity index (χ1v) is 6.19. The molecule has 0 bridgehead atoms. The summed E-state index contributed by atoms with van der Waals surface area (Å²) in [7, 11) is 0. The summed E-state index contributed by atoms with van der Waals surface area (Å²) in [6, 6.07) is 10.8. The number of hydrogen-bond donors (Lipinski definition) is 1. The fourth-order valence-electron chi connectivity index (χ4n) is 1.96. The van der Waals surface area contributed by atoms with Crippen LogP contribution in [-0.2, 0) is 6.54 Å². The molecule has 0 unspecified atom stereocenters. The van der Waals surface area contributed by atoms with Crippen LogP contribution in [0.25, 0.3) is 11.4 Å². The first-order chi connectivity index (χ1) is 10.1. The Hall–Kier alpha value is -2.83. The second kappa shape index (κ2) is 5.28. The highest BCUT2D eigenvalue weighted by molar-refractivity contribution is 5.58. The second-order valence-electron chi connectivity index (χ2n) is 4.53. The minimum absolute atomic E-state index is 0.240. The van der Waals surface area contributed by atoms with E-state index >= 15 is 0 Å². The summed E-state index contributed by atoms with van der Waals surface area (Å²) in [6.07, 6.45) is 0. The molecule has 21 heavy (non-hydrogen) atoms. The van der Waals surface area contributed by atoms with Crippen molar-refractivity contribution in [2.75, 3.05) is 5.73 Å². The molecule has 106 valence electrons. The molecule has 0 aliphatic carbocycles. The number of rotatable bonds is 3. The average Bonchev–Trinajstić information content (AvgIpc) is 2.92. The summed E-state index contributed by atoms with van der Waals surface area (Å²) in [5.41, 5.74) is 7.63. The number of tetrazole rings is 1. The van der Waals surface area contributed by atoms with E-state index < -0.39 is 11.6 Å². The zero-order chi connectivity index (χ0) is 14.8. The van der Waals surface area contributed by atoms with Gasteiger partial charge in [-0.05, 0) is 52.4 Å². The Morgan fingerprint density at radius 2 is 1.76 bits per heavy atom. The normalized spacial score (nSPS) is 10.8. The highest BCUT2D eigenvalue weighted by atomic mass is 19.2. The van der Waals surface area contributed by atoms with Crippen molar-refractivity contribution in [3.63, 3.8) is 0 Å². The summed E-state index contributed by atoms with van der Waals surface area (Å²) in [5, 5.41) is 11.4. The first kappa shape index (κ1) is 13.2. The van der Waals surface area contributed by atoms with Gasteiger partial charge in [0.1, 0.15) is 0 Å². The number of aromatic nitrogens is 4. The minimum atomic E-state index is -0.894. The third-order valence-corrected chi connectivity index (χ3v) is 3.02. The van der Waals surface area contributed by atoms with Gasteiger partial charge in [0.05, 0.1) is 6.54 Å². The molecule has 0 radical (unpaired) electrons. The molecular formula is C14H11F2N5.